The molecule has 0 heterocycles. The van der Waals surface area contributed by atoms with E-state index in [1.807, 2.05) is 19.1 Å². The zero-order chi connectivity index (χ0) is 13.2. The van der Waals surface area contributed by atoms with Gasteiger partial charge in [0.15, 0.2) is 5.78 Å². The lowest BCUT2D eigenvalue weighted by atomic mass is 9.65. The molecule has 1 aliphatic rings. The number of carbonyl (C=O) groups excluding carboxylic acids is 1. The van der Waals surface area contributed by atoms with Crippen LogP contribution in [0.1, 0.15) is 42.1 Å². The lowest BCUT2D eigenvalue weighted by Crippen LogP contribution is -2.36. The predicted molar refractivity (Wildman–Crippen MR) is 68.6 cm³/mol. The van der Waals surface area contributed by atoms with Gasteiger partial charge in [-0.05, 0) is 49.4 Å². The maximum absolute atomic E-state index is 12.4. The first-order chi connectivity index (χ1) is 8.66. The number of hydrogen-bond donors (Lipinski definition) is 0. The van der Waals surface area contributed by atoms with Crippen LogP contribution in [-0.4, -0.2) is 12.9 Å². The summed E-state index contributed by atoms with van der Waals surface area (Å²) < 4.78 is 5.25. The third-order valence-corrected chi connectivity index (χ3v) is 3.78. The Morgan fingerprint density at radius 2 is 2.22 bits per heavy atom. The minimum atomic E-state index is -0.764. The molecule has 1 fully saturated rings. The van der Waals surface area contributed by atoms with Crippen LogP contribution in [0.2, 0.25) is 0 Å². The molecular weight excluding hydrogens is 226 g/mol. The molecule has 0 radical (unpaired) electrons. The number of rotatable bonds is 4. The Kier molecular flexibility index (Phi) is 3.38. The third-order valence-electron chi connectivity index (χ3n) is 3.78. The van der Waals surface area contributed by atoms with Gasteiger partial charge >= 0.3 is 0 Å². The zero-order valence-corrected chi connectivity index (χ0v) is 10.8. The normalized spacial score (nSPS) is 16.5. The van der Waals surface area contributed by atoms with E-state index in [1.165, 1.54) is 0 Å². The van der Waals surface area contributed by atoms with Crippen LogP contribution in [0, 0.1) is 16.7 Å². The highest BCUT2D eigenvalue weighted by Crippen LogP contribution is 2.43. The molecule has 0 aliphatic heterocycles. The minimum Gasteiger partial charge on any atom is -0.496 e. The molecule has 0 saturated heterocycles. The van der Waals surface area contributed by atoms with Crippen LogP contribution < -0.4 is 4.74 Å². The van der Waals surface area contributed by atoms with Gasteiger partial charge in [0.05, 0.1) is 13.2 Å². The van der Waals surface area contributed by atoms with E-state index < -0.39 is 5.41 Å². The second-order valence-corrected chi connectivity index (χ2v) is 4.76. The number of nitrogens with zero attached hydrogens (tertiary/aromatic N) is 1. The van der Waals surface area contributed by atoms with E-state index in [4.69, 9.17) is 4.74 Å². The highest BCUT2D eigenvalue weighted by molar-refractivity contribution is 6.03. The van der Waals surface area contributed by atoms with Gasteiger partial charge in [-0.25, -0.2) is 0 Å². The Morgan fingerprint density at radius 1 is 1.50 bits per heavy atom. The largest absolute Gasteiger partial charge is 0.496 e. The Morgan fingerprint density at radius 3 is 2.67 bits per heavy atom. The highest BCUT2D eigenvalue weighted by atomic mass is 16.5. The van der Waals surface area contributed by atoms with Crippen LogP contribution in [0.4, 0.5) is 0 Å². The van der Waals surface area contributed by atoms with Gasteiger partial charge in [-0.2, -0.15) is 5.26 Å². The summed E-state index contributed by atoms with van der Waals surface area (Å²) >= 11 is 0. The van der Waals surface area contributed by atoms with Crippen molar-refractivity contribution in [1.29, 1.82) is 5.26 Å². The molecule has 0 amide bonds. The Labute approximate surface area is 107 Å². The SMILES string of the molecule is CCc1cc(C(=O)C2(C#N)CCC2)ccc1OC. The second kappa shape index (κ2) is 4.81. The van der Waals surface area contributed by atoms with Gasteiger partial charge in [-0.3, -0.25) is 4.79 Å². The molecule has 1 aromatic rings. The highest BCUT2D eigenvalue weighted by Gasteiger charge is 2.44. The summed E-state index contributed by atoms with van der Waals surface area (Å²) in [5.74, 6) is 0.766. The molecule has 0 unspecified atom stereocenters. The number of ketones is 1. The van der Waals surface area contributed by atoms with Gasteiger partial charge in [0.1, 0.15) is 11.2 Å². The van der Waals surface area contributed by atoms with Crippen molar-refractivity contribution in [3.8, 4) is 11.8 Å². The lowest BCUT2D eigenvalue weighted by Gasteiger charge is -2.33. The molecule has 1 saturated carbocycles. The molecule has 0 bridgehead atoms. The number of hydrogen-bond acceptors (Lipinski definition) is 3. The number of aryl methyl sites for hydroxylation is 1. The molecule has 0 spiro atoms. The fourth-order valence-electron chi connectivity index (χ4n) is 2.39. The number of carbonyl (C=O) groups is 1. The third kappa shape index (κ3) is 1.88. The van der Waals surface area contributed by atoms with Gasteiger partial charge in [0.2, 0.25) is 0 Å². The summed E-state index contributed by atoms with van der Waals surface area (Å²) in [7, 11) is 1.62. The average molecular weight is 243 g/mol. The zero-order valence-electron chi connectivity index (χ0n) is 10.8. The van der Waals surface area contributed by atoms with Crippen molar-refractivity contribution in [3.63, 3.8) is 0 Å². The van der Waals surface area contributed by atoms with Crippen molar-refractivity contribution < 1.29 is 9.53 Å². The Bertz CT molecular complexity index is 510. The average Bonchev–Trinajstić information content (AvgIpc) is 2.37. The molecule has 94 valence electrons. The molecule has 3 heteroatoms. The van der Waals surface area contributed by atoms with Crippen LogP contribution in [-0.2, 0) is 6.42 Å². The van der Waals surface area contributed by atoms with Crippen molar-refractivity contribution in [2.75, 3.05) is 7.11 Å². The first kappa shape index (κ1) is 12.6. The van der Waals surface area contributed by atoms with Gasteiger partial charge in [-0.15, -0.1) is 0 Å². The van der Waals surface area contributed by atoms with Crippen molar-refractivity contribution in [2.45, 2.75) is 32.6 Å². The van der Waals surface area contributed by atoms with Crippen molar-refractivity contribution in [1.82, 2.24) is 0 Å². The van der Waals surface area contributed by atoms with Crippen LogP contribution in [0.5, 0.6) is 5.75 Å². The first-order valence-corrected chi connectivity index (χ1v) is 6.30. The number of Topliss-reactive ketones (excluding diaryl/α,β-unsaturated/α-hetero) is 1. The molecular formula is C15H17NO2. The summed E-state index contributed by atoms with van der Waals surface area (Å²) in [6.45, 7) is 2.02. The molecule has 0 atom stereocenters. The van der Waals surface area contributed by atoms with Crippen LogP contribution >= 0.6 is 0 Å². The van der Waals surface area contributed by atoms with Gasteiger partial charge in [0.25, 0.3) is 0 Å². The summed E-state index contributed by atoms with van der Waals surface area (Å²) in [5.41, 5.74) is 0.879. The molecule has 1 aromatic carbocycles. The van der Waals surface area contributed by atoms with Crippen molar-refractivity contribution >= 4 is 5.78 Å². The summed E-state index contributed by atoms with van der Waals surface area (Å²) in [6.07, 6.45) is 3.16. The smallest absolute Gasteiger partial charge is 0.183 e. The number of methoxy groups -OCH3 is 1. The molecule has 0 aromatic heterocycles. The fourth-order valence-corrected chi connectivity index (χ4v) is 2.39. The molecule has 1 aliphatic carbocycles. The summed E-state index contributed by atoms with van der Waals surface area (Å²) in [5, 5.41) is 9.20. The molecule has 18 heavy (non-hydrogen) atoms. The maximum Gasteiger partial charge on any atom is 0.183 e. The monoisotopic (exact) mass is 243 g/mol. The van der Waals surface area contributed by atoms with Crippen LogP contribution in [0.3, 0.4) is 0 Å². The molecule has 0 N–H and O–H groups in total. The van der Waals surface area contributed by atoms with Gasteiger partial charge < -0.3 is 4.74 Å². The number of ether oxygens (including phenoxy) is 1. The van der Waals surface area contributed by atoms with Crippen molar-refractivity contribution in [3.05, 3.63) is 29.3 Å². The van der Waals surface area contributed by atoms with Crippen LogP contribution in [0.25, 0.3) is 0 Å². The van der Waals surface area contributed by atoms with Crippen LogP contribution in [0.15, 0.2) is 18.2 Å². The first-order valence-electron chi connectivity index (χ1n) is 6.30. The molecule has 2 rings (SSSR count). The predicted octanol–water partition coefficient (Wildman–Crippen LogP) is 3.13. The number of benzene rings is 1. The second-order valence-electron chi connectivity index (χ2n) is 4.76. The van der Waals surface area contributed by atoms with E-state index in [0.717, 1.165) is 24.2 Å². The van der Waals surface area contributed by atoms with E-state index in [2.05, 4.69) is 6.07 Å². The van der Waals surface area contributed by atoms with E-state index in [0.29, 0.717) is 18.4 Å². The van der Waals surface area contributed by atoms with E-state index >= 15 is 0 Å². The lowest BCUT2D eigenvalue weighted by molar-refractivity contribution is 0.0748. The fraction of sp³-hybridized carbons (Fsp3) is 0.467. The van der Waals surface area contributed by atoms with Gasteiger partial charge in [0, 0.05) is 5.56 Å². The van der Waals surface area contributed by atoms with Crippen molar-refractivity contribution in [2.24, 2.45) is 5.41 Å². The quantitative estimate of drug-likeness (QED) is 0.763. The summed E-state index contributed by atoms with van der Waals surface area (Å²) in [4.78, 5) is 12.4. The Balaban J connectivity index is 2.35. The maximum atomic E-state index is 12.4. The van der Waals surface area contributed by atoms with E-state index in [1.54, 1.807) is 13.2 Å². The minimum absolute atomic E-state index is 0.0337. The van der Waals surface area contributed by atoms with Gasteiger partial charge in [-0.1, -0.05) is 6.92 Å². The summed E-state index contributed by atoms with van der Waals surface area (Å²) in [6, 6.07) is 7.64. The van der Waals surface area contributed by atoms with E-state index in [-0.39, 0.29) is 5.78 Å². The van der Waals surface area contributed by atoms with E-state index in [9.17, 15) is 10.1 Å². The standard InChI is InChI=1S/C15H17NO2/c1-3-11-9-12(5-6-13(11)18-2)14(17)15(10-16)7-4-8-15/h5-6,9H,3-4,7-8H2,1-2H3. The number of nitriles is 1. The molecule has 3 nitrogen and oxygen atoms in total. The Hall–Kier alpha value is -1.82. The topological polar surface area (TPSA) is 50.1 Å².